The third kappa shape index (κ3) is 2.88. The molecule has 0 amide bonds. The molecular formula is C16H19N. The molecule has 0 radical (unpaired) electrons. The first-order valence-corrected chi connectivity index (χ1v) is 6.12. The molecule has 0 fully saturated rings. The van der Waals surface area contributed by atoms with Crippen molar-refractivity contribution in [3.05, 3.63) is 72.0 Å². The van der Waals surface area contributed by atoms with E-state index in [2.05, 4.69) is 42.2 Å². The van der Waals surface area contributed by atoms with Crippen LogP contribution in [0.15, 0.2) is 60.8 Å². The Morgan fingerprint density at radius 1 is 1.29 bits per heavy atom. The highest BCUT2D eigenvalue weighted by Crippen LogP contribution is 2.22. The fourth-order valence-corrected chi connectivity index (χ4v) is 2.27. The molecule has 88 valence electrons. The van der Waals surface area contributed by atoms with Gasteiger partial charge in [-0.05, 0) is 43.0 Å². The number of benzene rings is 1. The fraction of sp³-hybridized carbons (Fsp3) is 0.250. The van der Waals surface area contributed by atoms with Crippen LogP contribution >= 0.6 is 0 Å². The van der Waals surface area contributed by atoms with Gasteiger partial charge in [-0.2, -0.15) is 0 Å². The Kier molecular flexibility index (Phi) is 3.81. The summed E-state index contributed by atoms with van der Waals surface area (Å²) in [4.78, 5) is 0. The van der Waals surface area contributed by atoms with Gasteiger partial charge in [0.15, 0.2) is 0 Å². The van der Waals surface area contributed by atoms with Gasteiger partial charge in [-0.25, -0.2) is 0 Å². The van der Waals surface area contributed by atoms with E-state index < -0.39 is 0 Å². The van der Waals surface area contributed by atoms with Gasteiger partial charge >= 0.3 is 0 Å². The lowest BCUT2D eigenvalue weighted by molar-refractivity contribution is 0.604. The Morgan fingerprint density at radius 3 is 2.47 bits per heavy atom. The Bertz CT molecular complexity index is 429. The van der Waals surface area contributed by atoms with Gasteiger partial charge in [0.25, 0.3) is 0 Å². The molecule has 1 aliphatic carbocycles. The van der Waals surface area contributed by atoms with Crippen LogP contribution in [-0.2, 0) is 12.8 Å². The Hall–Kier alpha value is -1.76. The lowest BCUT2D eigenvalue weighted by Gasteiger charge is -2.13. The predicted molar refractivity (Wildman–Crippen MR) is 73.9 cm³/mol. The molecule has 0 spiro atoms. The largest absolute Gasteiger partial charge is 0.382 e. The molecule has 1 aromatic rings. The molecule has 2 rings (SSSR count). The molecule has 17 heavy (non-hydrogen) atoms. The Balaban J connectivity index is 2.01. The molecule has 0 saturated heterocycles. The minimum atomic E-state index is 0.502. The number of fused-ring (bicyclic) bond motifs is 1. The van der Waals surface area contributed by atoms with Gasteiger partial charge in [0, 0.05) is 11.7 Å². The number of allylic oxidation sites excluding steroid dienone is 4. The molecule has 1 nitrogen and oxygen atoms in total. The van der Waals surface area contributed by atoms with E-state index in [1.54, 1.807) is 0 Å². The highest BCUT2D eigenvalue weighted by Gasteiger charge is 2.20. The van der Waals surface area contributed by atoms with Crippen molar-refractivity contribution in [2.24, 2.45) is 0 Å². The van der Waals surface area contributed by atoms with E-state index in [9.17, 15) is 0 Å². The summed E-state index contributed by atoms with van der Waals surface area (Å²) in [6, 6.07) is 9.18. The number of rotatable bonds is 4. The van der Waals surface area contributed by atoms with Crippen LogP contribution in [0.5, 0.6) is 0 Å². The van der Waals surface area contributed by atoms with Crippen molar-refractivity contribution in [2.45, 2.75) is 25.8 Å². The zero-order chi connectivity index (χ0) is 12.1. The first kappa shape index (κ1) is 11.7. The summed E-state index contributed by atoms with van der Waals surface area (Å²) >= 11 is 0. The van der Waals surface area contributed by atoms with E-state index in [0.717, 1.165) is 18.5 Å². The van der Waals surface area contributed by atoms with Crippen LogP contribution in [0.3, 0.4) is 0 Å². The Labute approximate surface area is 104 Å². The number of nitrogens with one attached hydrogen (secondary N) is 1. The van der Waals surface area contributed by atoms with Gasteiger partial charge in [0.05, 0.1) is 0 Å². The molecule has 1 N–H and O–H groups in total. The molecule has 0 unspecified atom stereocenters. The lowest BCUT2D eigenvalue weighted by atomic mass is 10.1. The fourth-order valence-electron chi connectivity index (χ4n) is 2.27. The molecule has 0 atom stereocenters. The maximum Gasteiger partial charge on any atom is 0.0342 e. The highest BCUT2D eigenvalue weighted by atomic mass is 14.9. The summed E-state index contributed by atoms with van der Waals surface area (Å²) in [6.45, 7) is 5.86. The van der Waals surface area contributed by atoms with Gasteiger partial charge in [-0.1, -0.05) is 43.0 Å². The molecule has 0 saturated carbocycles. The standard InChI is InChI=1S/C16H19N/c1-3-5-10-15(4-2)17-16-11-13-8-6-7-9-14(13)12-16/h3-10,16-17H,2,11-12H2,1H3/b5-3-,15-10+. The predicted octanol–water partition coefficient (Wildman–Crippen LogP) is 3.39. The van der Waals surface area contributed by atoms with E-state index in [0.29, 0.717) is 6.04 Å². The van der Waals surface area contributed by atoms with Crippen molar-refractivity contribution < 1.29 is 0 Å². The van der Waals surface area contributed by atoms with Crippen LogP contribution in [0, 0.1) is 0 Å². The minimum Gasteiger partial charge on any atom is -0.382 e. The molecule has 1 aromatic carbocycles. The van der Waals surface area contributed by atoms with Crippen molar-refractivity contribution in [3.8, 4) is 0 Å². The average Bonchev–Trinajstić information content (AvgIpc) is 2.76. The third-order valence-electron chi connectivity index (χ3n) is 3.11. The highest BCUT2D eigenvalue weighted by molar-refractivity contribution is 5.34. The van der Waals surface area contributed by atoms with E-state index >= 15 is 0 Å². The number of hydrogen-bond acceptors (Lipinski definition) is 1. The summed E-state index contributed by atoms with van der Waals surface area (Å²) in [5.74, 6) is 0. The van der Waals surface area contributed by atoms with Gasteiger partial charge in [0.1, 0.15) is 0 Å². The summed E-state index contributed by atoms with van der Waals surface area (Å²) in [5.41, 5.74) is 4.04. The van der Waals surface area contributed by atoms with E-state index in [4.69, 9.17) is 0 Å². The van der Waals surface area contributed by atoms with Crippen LogP contribution < -0.4 is 5.32 Å². The number of hydrogen-bond donors (Lipinski definition) is 1. The molecule has 0 heterocycles. The summed E-state index contributed by atoms with van der Waals surface area (Å²) in [6.07, 6.45) is 10.2. The molecule has 1 aliphatic rings. The maximum absolute atomic E-state index is 3.84. The second-order valence-corrected chi connectivity index (χ2v) is 4.37. The first-order chi connectivity index (χ1) is 8.33. The topological polar surface area (TPSA) is 12.0 Å². The van der Waals surface area contributed by atoms with Crippen LogP contribution in [0.4, 0.5) is 0 Å². The lowest BCUT2D eigenvalue weighted by Crippen LogP contribution is -2.28. The van der Waals surface area contributed by atoms with E-state index in [1.165, 1.54) is 11.1 Å². The van der Waals surface area contributed by atoms with Crippen molar-refractivity contribution in [1.82, 2.24) is 5.32 Å². The smallest absolute Gasteiger partial charge is 0.0342 e. The monoisotopic (exact) mass is 225 g/mol. The molecule has 0 aromatic heterocycles. The zero-order valence-electron chi connectivity index (χ0n) is 10.3. The van der Waals surface area contributed by atoms with E-state index in [1.807, 2.05) is 25.2 Å². The summed E-state index contributed by atoms with van der Waals surface area (Å²) < 4.78 is 0. The van der Waals surface area contributed by atoms with Gasteiger partial charge in [0.2, 0.25) is 0 Å². The van der Waals surface area contributed by atoms with Crippen LogP contribution in [0.25, 0.3) is 0 Å². The maximum atomic E-state index is 3.84. The molecule has 0 bridgehead atoms. The second kappa shape index (κ2) is 5.53. The van der Waals surface area contributed by atoms with Crippen LogP contribution in [0.2, 0.25) is 0 Å². The van der Waals surface area contributed by atoms with Gasteiger partial charge in [-0.15, -0.1) is 0 Å². The average molecular weight is 225 g/mol. The SMILES string of the molecule is C=C/C(=C\C=C/C)NC1Cc2ccccc2C1. The summed E-state index contributed by atoms with van der Waals surface area (Å²) in [7, 11) is 0. The molecular weight excluding hydrogens is 206 g/mol. The minimum absolute atomic E-state index is 0.502. The Morgan fingerprint density at radius 2 is 1.94 bits per heavy atom. The normalized spacial score (nSPS) is 16.2. The van der Waals surface area contributed by atoms with Gasteiger partial charge < -0.3 is 5.32 Å². The summed E-state index contributed by atoms with van der Waals surface area (Å²) in [5, 5.41) is 3.54. The molecule has 1 heteroatoms. The molecule has 0 aliphatic heterocycles. The third-order valence-corrected chi connectivity index (χ3v) is 3.11. The van der Waals surface area contributed by atoms with E-state index in [-0.39, 0.29) is 0 Å². The zero-order valence-corrected chi connectivity index (χ0v) is 10.3. The van der Waals surface area contributed by atoms with Crippen molar-refractivity contribution >= 4 is 0 Å². The quantitative estimate of drug-likeness (QED) is 0.774. The van der Waals surface area contributed by atoms with Gasteiger partial charge in [-0.3, -0.25) is 0 Å². The van der Waals surface area contributed by atoms with Crippen molar-refractivity contribution in [3.63, 3.8) is 0 Å². The van der Waals surface area contributed by atoms with Crippen molar-refractivity contribution in [1.29, 1.82) is 0 Å². The van der Waals surface area contributed by atoms with Crippen LogP contribution in [0.1, 0.15) is 18.1 Å². The second-order valence-electron chi connectivity index (χ2n) is 4.37. The van der Waals surface area contributed by atoms with Crippen molar-refractivity contribution in [2.75, 3.05) is 0 Å². The van der Waals surface area contributed by atoms with Crippen LogP contribution in [-0.4, -0.2) is 6.04 Å². The first-order valence-electron chi connectivity index (χ1n) is 6.12.